The molecule has 0 saturated carbocycles. The molecule has 2 aromatic heterocycles. The van der Waals surface area contributed by atoms with E-state index in [-0.39, 0.29) is 5.91 Å². The molecule has 2 heterocycles. The summed E-state index contributed by atoms with van der Waals surface area (Å²) >= 11 is 3.40. The topological polar surface area (TPSA) is 58.8 Å². The largest absolute Gasteiger partial charge is 0.295 e. The van der Waals surface area contributed by atoms with E-state index in [9.17, 15) is 4.79 Å². The number of imidazole rings is 1. The predicted molar refractivity (Wildman–Crippen MR) is 93.9 cm³/mol. The molecule has 23 heavy (non-hydrogen) atoms. The number of hydrogen-bond acceptors (Lipinski definition) is 3. The summed E-state index contributed by atoms with van der Waals surface area (Å²) in [4.78, 5) is 16.8. The molecule has 0 radical (unpaired) electrons. The third-order valence-corrected chi connectivity index (χ3v) is 3.89. The van der Waals surface area contributed by atoms with Crippen LogP contribution in [0.1, 0.15) is 27.3 Å². The van der Waals surface area contributed by atoms with Crippen molar-refractivity contribution in [2.24, 2.45) is 5.10 Å². The van der Waals surface area contributed by atoms with Crippen LogP contribution in [0.3, 0.4) is 0 Å². The maximum absolute atomic E-state index is 12.4. The van der Waals surface area contributed by atoms with E-state index in [0.717, 1.165) is 21.2 Å². The molecule has 0 fully saturated rings. The van der Waals surface area contributed by atoms with Crippen molar-refractivity contribution in [1.29, 1.82) is 0 Å². The third kappa shape index (κ3) is 3.32. The molecule has 5 nitrogen and oxygen atoms in total. The van der Waals surface area contributed by atoms with Crippen molar-refractivity contribution < 1.29 is 4.79 Å². The van der Waals surface area contributed by atoms with Gasteiger partial charge in [0.05, 0.1) is 11.9 Å². The molecular weight excluding hydrogens is 356 g/mol. The van der Waals surface area contributed by atoms with E-state index in [4.69, 9.17) is 0 Å². The number of halogens is 1. The number of hydrazone groups is 1. The van der Waals surface area contributed by atoms with Gasteiger partial charge in [-0.05, 0) is 49.2 Å². The first-order valence-corrected chi connectivity index (χ1v) is 7.88. The smallest absolute Gasteiger partial charge is 0.290 e. The van der Waals surface area contributed by atoms with Gasteiger partial charge in [0, 0.05) is 10.7 Å². The Labute approximate surface area is 142 Å². The van der Waals surface area contributed by atoms with E-state index >= 15 is 0 Å². The Morgan fingerprint density at radius 3 is 2.91 bits per heavy atom. The Morgan fingerprint density at radius 1 is 1.30 bits per heavy atom. The van der Waals surface area contributed by atoms with Gasteiger partial charge in [-0.25, -0.2) is 10.4 Å². The number of carbonyl (C=O) groups excluding carboxylic acids is 1. The summed E-state index contributed by atoms with van der Waals surface area (Å²) in [5.41, 5.74) is 6.47. The number of hydrogen-bond donors (Lipinski definition) is 1. The van der Waals surface area contributed by atoms with Crippen LogP contribution < -0.4 is 5.43 Å². The van der Waals surface area contributed by atoms with Crippen molar-refractivity contribution in [3.05, 3.63) is 69.6 Å². The average Bonchev–Trinajstić information content (AvgIpc) is 2.82. The van der Waals surface area contributed by atoms with Crippen molar-refractivity contribution in [2.75, 3.05) is 0 Å². The number of aryl methyl sites for hydroxylation is 2. The summed E-state index contributed by atoms with van der Waals surface area (Å²) < 4.78 is 2.73. The van der Waals surface area contributed by atoms with E-state index in [1.165, 1.54) is 0 Å². The highest BCUT2D eigenvalue weighted by atomic mass is 79.9. The van der Waals surface area contributed by atoms with E-state index in [1.807, 2.05) is 56.4 Å². The number of pyridine rings is 1. The molecule has 1 N–H and O–H groups in total. The zero-order valence-corrected chi connectivity index (χ0v) is 14.3. The van der Waals surface area contributed by atoms with Crippen molar-refractivity contribution >= 4 is 33.7 Å². The average molecular weight is 371 g/mol. The fourth-order valence-corrected chi connectivity index (χ4v) is 2.76. The molecule has 116 valence electrons. The minimum atomic E-state index is -0.287. The summed E-state index contributed by atoms with van der Waals surface area (Å²) in [5, 5.41) is 4.02. The highest BCUT2D eigenvalue weighted by Crippen LogP contribution is 2.13. The van der Waals surface area contributed by atoms with Crippen molar-refractivity contribution in [2.45, 2.75) is 13.8 Å². The van der Waals surface area contributed by atoms with E-state index in [2.05, 4.69) is 31.4 Å². The number of fused-ring (bicyclic) bond motifs is 1. The Balaban J connectivity index is 1.82. The second kappa shape index (κ2) is 6.34. The maximum Gasteiger partial charge on any atom is 0.290 e. The minimum absolute atomic E-state index is 0.287. The molecule has 6 heteroatoms. The fourth-order valence-electron chi connectivity index (χ4n) is 2.34. The monoisotopic (exact) mass is 370 g/mol. The van der Waals surface area contributed by atoms with Gasteiger partial charge in [-0.2, -0.15) is 5.10 Å². The first-order valence-electron chi connectivity index (χ1n) is 7.09. The number of benzene rings is 1. The zero-order valence-electron chi connectivity index (χ0n) is 12.7. The van der Waals surface area contributed by atoms with Crippen LogP contribution >= 0.6 is 15.9 Å². The van der Waals surface area contributed by atoms with Crippen LogP contribution in [0.4, 0.5) is 0 Å². The number of aromatic nitrogens is 2. The highest BCUT2D eigenvalue weighted by molar-refractivity contribution is 9.10. The van der Waals surface area contributed by atoms with Crippen molar-refractivity contribution in [3.8, 4) is 0 Å². The number of carbonyl (C=O) groups is 1. The van der Waals surface area contributed by atoms with Gasteiger partial charge in [0.2, 0.25) is 0 Å². The number of nitrogens with zero attached hydrogens (tertiary/aromatic N) is 3. The lowest BCUT2D eigenvalue weighted by atomic mass is 10.2. The molecule has 0 saturated heterocycles. The normalized spacial score (nSPS) is 11.3. The second-order valence-electron chi connectivity index (χ2n) is 5.23. The standard InChI is InChI=1S/C17H15BrN4O/c1-11-6-7-22-15(8-11)20-12(2)16(22)17(23)21-19-10-13-4-3-5-14(18)9-13/h3-10H,1-2H3,(H,21,23). The summed E-state index contributed by atoms with van der Waals surface area (Å²) in [5.74, 6) is -0.287. The number of nitrogens with one attached hydrogen (secondary N) is 1. The molecular formula is C17H15BrN4O. The Bertz CT molecular complexity index is 914. The van der Waals surface area contributed by atoms with Gasteiger partial charge in [0.15, 0.2) is 0 Å². The van der Waals surface area contributed by atoms with Crippen LogP contribution in [0, 0.1) is 13.8 Å². The molecule has 1 amide bonds. The van der Waals surface area contributed by atoms with E-state index < -0.39 is 0 Å². The van der Waals surface area contributed by atoms with Gasteiger partial charge >= 0.3 is 0 Å². The van der Waals surface area contributed by atoms with Gasteiger partial charge in [0.25, 0.3) is 5.91 Å². The van der Waals surface area contributed by atoms with Gasteiger partial charge < -0.3 is 0 Å². The summed E-state index contributed by atoms with van der Waals surface area (Å²) in [7, 11) is 0. The quantitative estimate of drug-likeness (QED) is 0.566. The predicted octanol–water partition coefficient (Wildman–Crippen LogP) is 3.48. The molecule has 0 aliphatic rings. The molecule has 0 aliphatic carbocycles. The van der Waals surface area contributed by atoms with Gasteiger partial charge in [-0.3, -0.25) is 9.20 Å². The first kappa shape index (κ1) is 15.4. The van der Waals surface area contributed by atoms with E-state index in [1.54, 1.807) is 10.6 Å². The lowest BCUT2D eigenvalue weighted by Gasteiger charge is -2.02. The highest BCUT2D eigenvalue weighted by Gasteiger charge is 2.15. The third-order valence-electron chi connectivity index (χ3n) is 3.40. The minimum Gasteiger partial charge on any atom is -0.295 e. The molecule has 0 spiro atoms. The van der Waals surface area contributed by atoms with Crippen molar-refractivity contribution in [3.63, 3.8) is 0 Å². The molecule has 0 atom stereocenters. The van der Waals surface area contributed by atoms with Crippen LogP contribution in [0.2, 0.25) is 0 Å². The summed E-state index contributed by atoms with van der Waals surface area (Å²) in [6.45, 7) is 3.81. The second-order valence-corrected chi connectivity index (χ2v) is 6.15. The van der Waals surface area contributed by atoms with Gasteiger partial charge in [-0.1, -0.05) is 28.1 Å². The SMILES string of the molecule is Cc1ccn2c(C(=O)NN=Cc3cccc(Br)c3)c(C)nc2c1. The fraction of sp³-hybridized carbons (Fsp3) is 0.118. The molecule has 3 rings (SSSR count). The summed E-state index contributed by atoms with van der Waals surface area (Å²) in [6, 6.07) is 11.5. The molecule has 0 bridgehead atoms. The van der Waals surface area contributed by atoms with Gasteiger partial charge in [0.1, 0.15) is 11.3 Å². The van der Waals surface area contributed by atoms with Crippen LogP contribution in [0.25, 0.3) is 5.65 Å². The zero-order chi connectivity index (χ0) is 16.4. The van der Waals surface area contributed by atoms with E-state index in [0.29, 0.717) is 11.4 Å². The summed E-state index contributed by atoms with van der Waals surface area (Å²) in [6.07, 6.45) is 3.45. The Hall–Kier alpha value is -2.47. The number of amides is 1. The molecule has 0 unspecified atom stereocenters. The van der Waals surface area contributed by atoms with Crippen LogP contribution in [-0.2, 0) is 0 Å². The lowest BCUT2D eigenvalue weighted by molar-refractivity contribution is 0.0948. The lowest BCUT2D eigenvalue weighted by Crippen LogP contribution is -2.20. The Morgan fingerprint density at radius 2 is 2.13 bits per heavy atom. The molecule has 3 aromatic rings. The van der Waals surface area contributed by atoms with Crippen molar-refractivity contribution in [1.82, 2.24) is 14.8 Å². The van der Waals surface area contributed by atoms with Crippen LogP contribution in [0.15, 0.2) is 52.2 Å². The maximum atomic E-state index is 12.4. The molecule has 0 aliphatic heterocycles. The molecule has 1 aromatic carbocycles. The Kier molecular flexibility index (Phi) is 4.25. The first-order chi connectivity index (χ1) is 11.0. The van der Waals surface area contributed by atoms with Crippen LogP contribution in [-0.4, -0.2) is 21.5 Å². The number of rotatable bonds is 3. The van der Waals surface area contributed by atoms with Crippen LogP contribution in [0.5, 0.6) is 0 Å². The van der Waals surface area contributed by atoms with Gasteiger partial charge in [-0.15, -0.1) is 0 Å².